The molecule has 2 fully saturated rings. The predicted molar refractivity (Wildman–Crippen MR) is 60.1 cm³/mol. The van der Waals surface area contributed by atoms with Crippen LogP contribution in [0.25, 0.3) is 0 Å². The van der Waals surface area contributed by atoms with E-state index in [1.165, 1.54) is 26.1 Å². The van der Waals surface area contributed by atoms with E-state index in [2.05, 4.69) is 17.3 Å². The van der Waals surface area contributed by atoms with E-state index < -0.39 is 0 Å². The first kappa shape index (κ1) is 12.9. The molecule has 2 heteroatoms. The summed E-state index contributed by atoms with van der Waals surface area (Å²) in [5, 5.41) is 3.51. The number of rotatable bonds is 0. The second-order valence-electron chi connectivity index (χ2n) is 3.43. The quantitative estimate of drug-likeness (QED) is 0.622. The molecule has 2 saturated heterocycles. The number of nitrogens with one attached hydrogen (secondary N) is 1. The summed E-state index contributed by atoms with van der Waals surface area (Å²) in [6.07, 6.45) is 1.42. The summed E-state index contributed by atoms with van der Waals surface area (Å²) < 4.78 is 0. The van der Waals surface area contributed by atoms with Gasteiger partial charge in [-0.2, -0.15) is 0 Å². The number of likely N-dealkylation sites (N-methyl/N-ethyl adjacent to an activating group) is 1. The van der Waals surface area contributed by atoms with Crippen molar-refractivity contribution in [1.82, 2.24) is 10.2 Å². The summed E-state index contributed by atoms with van der Waals surface area (Å²) in [4.78, 5) is 2.43. The number of nitrogens with zero attached hydrogens (tertiary/aromatic N) is 1. The van der Waals surface area contributed by atoms with E-state index in [0.717, 1.165) is 12.0 Å². The highest BCUT2D eigenvalue weighted by Crippen LogP contribution is 2.20. The van der Waals surface area contributed by atoms with Crippen LogP contribution in [-0.4, -0.2) is 37.6 Å². The van der Waals surface area contributed by atoms with Crippen molar-refractivity contribution >= 4 is 0 Å². The Balaban J connectivity index is 0.000000322. The van der Waals surface area contributed by atoms with Crippen LogP contribution in [0.5, 0.6) is 0 Å². The fraction of sp³-hybridized carbons (Fsp3) is 1.00. The average Bonchev–Trinajstić information content (AvgIpc) is 2.52. The maximum atomic E-state index is 3.51. The van der Waals surface area contributed by atoms with Gasteiger partial charge < -0.3 is 10.2 Å². The van der Waals surface area contributed by atoms with Crippen molar-refractivity contribution in [3.05, 3.63) is 0 Å². The number of piperidine rings is 1. The van der Waals surface area contributed by atoms with Gasteiger partial charge in [-0.25, -0.2) is 0 Å². The van der Waals surface area contributed by atoms with Gasteiger partial charge in [0, 0.05) is 19.1 Å². The minimum Gasteiger partial charge on any atom is -0.312 e. The summed E-state index contributed by atoms with van der Waals surface area (Å²) in [6, 6.07) is 0.814. The summed E-state index contributed by atoms with van der Waals surface area (Å²) in [5.74, 6) is 0.953. The Morgan fingerprint density at radius 2 is 1.69 bits per heavy atom. The van der Waals surface area contributed by atoms with E-state index >= 15 is 0 Å². The van der Waals surface area contributed by atoms with E-state index in [1.54, 1.807) is 0 Å². The molecule has 2 unspecified atom stereocenters. The van der Waals surface area contributed by atoms with Gasteiger partial charge in [0.15, 0.2) is 0 Å². The second-order valence-corrected chi connectivity index (χ2v) is 3.43. The molecule has 2 atom stereocenters. The lowest BCUT2D eigenvalue weighted by Gasteiger charge is -2.26. The smallest absolute Gasteiger partial charge is 0.0198 e. The molecule has 0 saturated carbocycles. The van der Waals surface area contributed by atoms with E-state index in [1.807, 2.05) is 27.7 Å². The monoisotopic (exact) mass is 186 g/mol. The molecule has 0 amide bonds. The molecule has 2 aliphatic heterocycles. The third-order valence-electron chi connectivity index (χ3n) is 2.41. The number of hydrogen-bond acceptors (Lipinski definition) is 2. The normalized spacial score (nSPS) is 31.2. The van der Waals surface area contributed by atoms with Crippen LogP contribution >= 0.6 is 0 Å². The van der Waals surface area contributed by atoms with Crippen molar-refractivity contribution in [3.8, 4) is 0 Å². The molecule has 2 nitrogen and oxygen atoms in total. The molecular weight excluding hydrogens is 160 g/mol. The topological polar surface area (TPSA) is 15.3 Å². The Hall–Kier alpha value is -0.0800. The molecule has 0 radical (unpaired) electrons. The fourth-order valence-corrected chi connectivity index (χ4v) is 2.07. The van der Waals surface area contributed by atoms with Crippen molar-refractivity contribution in [2.24, 2.45) is 5.92 Å². The van der Waals surface area contributed by atoms with Gasteiger partial charge in [-0.15, -0.1) is 0 Å². The molecule has 0 aromatic carbocycles. The highest BCUT2D eigenvalue weighted by molar-refractivity contribution is 4.89. The van der Waals surface area contributed by atoms with Crippen molar-refractivity contribution in [2.75, 3.05) is 26.7 Å². The van der Waals surface area contributed by atoms with Gasteiger partial charge in [-0.1, -0.05) is 27.7 Å². The van der Waals surface area contributed by atoms with Gasteiger partial charge in [0.25, 0.3) is 0 Å². The summed E-state index contributed by atoms with van der Waals surface area (Å²) in [6.45, 7) is 11.8. The Bertz CT molecular complexity index is 103. The molecule has 13 heavy (non-hydrogen) atoms. The van der Waals surface area contributed by atoms with Gasteiger partial charge in [0.05, 0.1) is 0 Å². The second kappa shape index (κ2) is 7.34. The van der Waals surface area contributed by atoms with Crippen molar-refractivity contribution in [3.63, 3.8) is 0 Å². The molecule has 2 bridgehead atoms. The lowest BCUT2D eigenvalue weighted by molar-refractivity contribution is 0.233. The number of fused-ring (bicyclic) bond motifs is 2. The number of likely N-dealkylation sites (tertiary alicyclic amines) is 1. The summed E-state index contributed by atoms with van der Waals surface area (Å²) >= 11 is 0. The van der Waals surface area contributed by atoms with E-state index in [0.29, 0.717) is 0 Å². The lowest BCUT2D eigenvalue weighted by atomic mass is 10.0. The van der Waals surface area contributed by atoms with Gasteiger partial charge in [0.1, 0.15) is 0 Å². The highest BCUT2D eigenvalue weighted by atomic mass is 15.2. The Morgan fingerprint density at radius 3 is 2.23 bits per heavy atom. The Kier molecular flexibility index (Phi) is 7.29. The fourth-order valence-electron chi connectivity index (χ4n) is 2.07. The van der Waals surface area contributed by atoms with Crippen LogP contribution in [0.1, 0.15) is 34.1 Å². The number of hydrogen-bond donors (Lipinski definition) is 1. The molecule has 80 valence electrons. The Labute approximate surface area is 83.7 Å². The standard InChI is InChI=1S/C7H14N2.2C2H6/c1-9-4-6-2-7(5-9)8-3-6;2*1-2/h6-8H,2-5H2,1H3;2*1-2H3. The molecule has 1 N–H and O–H groups in total. The first-order valence-corrected chi connectivity index (χ1v) is 5.76. The SMILES string of the molecule is CC.CC.CN1CC2CNC(C2)C1. The van der Waals surface area contributed by atoms with Crippen LogP contribution in [0.4, 0.5) is 0 Å². The molecular formula is C11H26N2. The van der Waals surface area contributed by atoms with Gasteiger partial charge in [-0.3, -0.25) is 0 Å². The minimum atomic E-state index is 0.814. The molecule has 0 aromatic heterocycles. The van der Waals surface area contributed by atoms with Crippen molar-refractivity contribution in [1.29, 1.82) is 0 Å². The van der Waals surface area contributed by atoms with Crippen LogP contribution < -0.4 is 5.32 Å². The zero-order valence-corrected chi connectivity index (χ0v) is 9.93. The summed E-state index contributed by atoms with van der Waals surface area (Å²) in [7, 11) is 2.21. The molecule has 2 rings (SSSR count). The van der Waals surface area contributed by atoms with Crippen molar-refractivity contribution in [2.45, 2.75) is 40.2 Å². The van der Waals surface area contributed by atoms with Crippen LogP contribution in [0.2, 0.25) is 0 Å². The maximum absolute atomic E-state index is 3.51. The molecule has 0 spiro atoms. The first-order chi connectivity index (χ1) is 6.34. The van der Waals surface area contributed by atoms with Crippen LogP contribution in [-0.2, 0) is 0 Å². The largest absolute Gasteiger partial charge is 0.312 e. The van der Waals surface area contributed by atoms with Crippen molar-refractivity contribution < 1.29 is 0 Å². The molecule has 2 heterocycles. The molecule has 0 aliphatic carbocycles. The zero-order chi connectivity index (χ0) is 10.3. The van der Waals surface area contributed by atoms with Crippen LogP contribution in [0.3, 0.4) is 0 Å². The third kappa shape index (κ3) is 4.10. The van der Waals surface area contributed by atoms with E-state index in [-0.39, 0.29) is 0 Å². The highest BCUT2D eigenvalue weighted by Gasteiger charge is 2.30. The molecule has 0 aromatic rings. The van der Waals surface area contributed by atoms with Crippen LogP contribution in [0.15, 0.2) is 0 Å². The molecule has 2 aliphatic rings. The van der Waals surface area contributed by atoms with Gasteiger partial charge in [0.2, 0.25) is 0 Å². The maximum Gasteiger partial charge on any atom is 0.0198 e. The Morgan fingerprint density at radius 1 is 1.08 bits per heavy atom. The van der Waals surface area contributed by atoms with E-state index in [4.69, 9.17) is 0 Å². The van der Waals surface area contributed by atoms with Crippen LogP contribution in [0, 0.1) is 5.92 Å². The van der Waals surface area contributed by atoms with E-state index in [9.17, 15) is 0 Å². The predicted octanol–water partition coefficient (Wildman–Crippen LogP) is 1.96. The van der Waals surface area contributed by atoms with Gasteiger partial charge in [-0.05, 0) is 25.9 Å². The minimum absolute atomic E-state index is 0.814. The third-order valence-corrected chi connectivity index (χ3v) is 2.41. The zero-order valence-electron chi connectivity index (χ0n) is 9.93. The lowest BCUT2D eigenvalue weighted by Crippen LogP contribution is -2.38. The first-order valence-electron chi connectivity index (χ1n) is 5.76. The summed E-state index contributed by atoms with van der Waals surface area (Å²) in [5.41, 5.74) is 0. The average molecular weight is 186 g/mol. The van der Waals surface area contributed by atoms with Gasteiger partial charge >= 0.3 is 0 Å².